The first-order valence-electron chi connectivity index (χ1n) is 6.44. The zero-order chi connectivity index (χ0) is 13.1. The first-order valence-corrected chi connectivity index (χ1v) is 6.44. The highest BCUT2D eigenvalue weighted by Crippen LogP contribution is 2.25. The van der Waals surface area contributed by atoms with Crippen LogP contribution in [0.15, 0.2) is 18.2 Å². The summed E-state index contributed by atoms with van der Waals surface area (Å²) < 4.78 is 25.8. The average molecular weight is 255 g/mol. The zero-order valence-corrected chi connectivity index (χ0v) is 10.5. The number of benzene rings is 1. The normalized spacial score (nSPS) is 25.3. The molecule has 3 atom stereocenters. The summed E-state index contributed by atoms with van der Waals surface area (Å²) >= 11 is 0. The van der Waals surface area contributed by atoms with Crippen LogP contribution in [0.5, 0.6) is 0 Å². The van der Waals surface area contributed by atoms with E-state index in [1.54, 1.807) is 0 Å². The fraction of sp³-hybridized carbons (Fsp3) is 0.571. The predicted octanol–water partition coefficient (Wildman–Crippen LogP) is 2.78. The third-order valence-electron chi connectivity index (χ3n) is 3.76. The number of halogens is 2. The lowest BCUT2D eigenvalue weighted by atomic mass is 10.1. The second kappa shape index (κ2) is 5.76. The minimum Gasteiger partial charge on any atom is -0.387 e. The van der Waals surface area contributed by atoms with Crippen molar-refractivity contribution < 1.29 is 13.9 Å². The Bertz CT molecular complexity index is 411. The summed E-state index contributed by atoms with van der Waals surface area (Å²) in [7, 11) is 0. The monoisotopic (exact) mass is 255 g/mol. The SMILES string of the molecule is CC1CCCC1NCC(O)c1ccc(F)c(F)c1. The second-order valence-corrected chi connectivity index (χ2v) is 5.11. The van der Waals surface area contributed by atoms with Gasteiger partial charge in [-0.2, -0.15) is 0 Å². The first-order chi connectivity index (χ1) is 8.58. The van der Waals surface area contributed by atoms with Crippen molar-refractivity contribution >= 4 is 0 Å². The van der Waals surface area contributed by atoms with E-state index in [1.807, 2.05) is 0 Å². The molecule has 0 amide bonds. The molecule has 1 aliphatic rings. The summed E-state index contributed by atoms with van der Waals surface area (Å²) in [5.74, 6) is -1.19. The Labute approximate surface area is 106 Å². The van der Waals surface area contributed by atoms with Crippen LogP contribution in [0.2, 0.25) is 0 Å². The molecule has 1 aromatic carbocycles. The molecular formula is C14H19F2NO. The van der Waals surface area contributed by atoms with Gasteiger partial charge in [-0.1, -0.05) is 19.4 Å². The van der Waals surface area contributed by atoms with Crippen molar-refractivity contribution in [3.8, 4) is 0 Å². The summed E-state index contributed by atoms with van der Waals surface area (Å²) in [6.45, 7) is 2.56. The van der Waals surface area contributed by atoms with E-state index in [0.717, 1.165) is 18.6 Å². The quantitative estimate of drug-likeness (QED) is 0.867. The van der Waals surface area contributed by atoms with Crippen LogP contribution in [0.3, 0.4) is 0 Å². The molecule has 2 nitrogen and oxygen atoms in total. The Morgan fingerprint density at radius 2 is 2.11 bits per heavy atom. The third kappa shape index (κ3) is 3.06. The maximum absolute atomic E-state index is 13.0. The Hall–Kier alpha value is -1.00. The van der Waals surface area contributed by atoms with Gasteiger partial charge in [0, 0.05) is 12.6 Å². The van der Waals surface area contributed by atoms with Gasteiger partial charge < -0.3 is 10.4 Å². The Morgan fingerprint density at radius 3 is 2.72 bits per heavy atom. The molecule has 0 radical (unpaired) electrons. The van der Waals surface area contributed by atoms with Crippen molar-refractivity contribution in [3.63, 3.8) is 0 Å². The van der Waals surface area contributed by atoms with Gasteiger partial charge in [0.15, 0.2) is 11.6 Å². The molecule has 0 aliphatic heterocycles. The lowest BCUT2D eigenvalue weighted by molar-refractivity contribution is 0.166. The minimum atomic E-state index is -0.916. The predicted molar refractivity (Wildman–Crippen MR) is 66.1 cm³/mol. The lowest BCUT2D eigenvalue weighted by Crippen LogP contribution is -2.34. The van der Waals surface area contributed by atoms with Gasteiger partial charge in [0.05, 0.1) is 6.10 Å². The van der Waals surface area contributed by atoms with Crippen LogP contribution in [0.1, 0.15) is 37.9 Å². The fourth-order valence-electron chi connectivity index (χ4n) is 2.55. The van der Waals surface area contributed by atoms with Gasteiger partial charge >= 0.3 is 0 Å². The molecule has 0 heterocycles. The molecule has 0 aromatic heterocycles. The maximum atomic E-state index is 13.0. The molecule has 1 aliphatic carbocycles. The smallest absolute Gasteiger partial charge is 0.159 e. The van der Waals surface area contributed by atoms with Gasteiger partial charge in [-0.25, -0.2) is 8.78 Å². The fourth-order valence-corrected chi connectivity index (χ4v) is 2.55. The number of nitrogens with one attached hydrogen (secondary N) is 1. The summed E-state index contributed by atoms with van der Waals surface area (Å²) in [5, 5.41) is 13.2. The summed E-state index contributed by atoms with van der Waals surface area (Å²) in [4.78, 5) is 0. The van der Waals surface area contributed by atoms with Crippen LogP contribution in [0.25, 0.3) is 0 Å². The van der Waals surface area contributed by atoms with E-state index in [1.165, 1.54) is 18.9 Å². The van der Waals surface area contributed by atoms with Gasteiger partial charge in [-0.3, -0.25) is 0 Å². The highest BCUT2D eigenvalue weighted by Gasteiger charge is 2.23. The molecule has 100 valence electrons. The van der Waals surface area contributed by atoms with E-state index < -0.39 is 17.7 Å². The van der Waals surface area contributed by atoms with Crippen LogP contribution in [0.4, 0.5) is 8.78 Å². The number of rotatable bonds is 4. The van der Waals surface area contributed by atoms with E-state index in [4.69, 9.17) is 0 Å². The zero-order valence-electron chi connectivity index (χ0n) is 10.5. The van der Waals surface area contributed by atoms with E-state index in [0.29, 0.717) is 24.1 Å². The van der Waals surface area contributed by atoms with E-state index >= 15 is 0 Å². The average Bonchev–Trinajstić information content (AvgIpc) is 2.75. The van der Waals surface area contributed by atoms with Crippen molar-refractivity contribution in [3.05, 3.63) is 35.4 Å². The third-order valence-corrected chi connectivity index (χ3v) is 3.76. The van der Waals surface area contributed by atoms with Gasteiger partial charge in [0.2, 0.25) is 0 Å². The van der Waals surface area contributed by atoms with Crippen molar-refractivity contribution in [1.82, 2.24) is 5.32 Å². The lowest BCUT2D eigenvalue weighted by Gasteiger charge is -2.20. The van der Waals surface area contributed by atoms with E-state index in [-0.39, 0.29) is 0 Å². The van der Waals surface area contributed by atoms with Crippen LogP contribution >= 0.6 is 0 Å². The molecule has 1 aromatic rings. The van der Waals surface area contributed by atoms with E-state index in [2.05, 4.69) is 12.2 Å². The maximum Gasteiger partial charge on any atom is 0.159 e. The summed E-state index contributed by atoms with van der Waals surface area (Å²) in [5.41, 5.74) is 0.409. The van der Waals surface area contributed by atoms with Gasteiger partial charge in [-0.15, -0.1) is 0 Å². The van der Waals surface area contributed by atoms with Crippen LogP contribution < -0.4 is 5.32 Å². The molecule has 0 bridgehead atoms. The van der Waals surface area contributed by atoms with E-state index in [9.17, 15) is 13.9 Å². The van der Waals surface area contributed by atoms with Crippen molar-refractivity contribution in [1.29, 1.82) is 0 Å². The van der Waals surface area contributed by atoms with Crippen LogP contribution in [0, 0.1) is 17.6 Å². The number of aliphatic hydroxyl groups excluding tert-OH is 1. The Balaban J connectivity index is 1.90. The largest absolute Gasteiger partial charge is 0.387 e. The molecule has 2 N–H and O–H groups in total. The number of hydrogen-bond acceptors (Lipinski definition) is 2. The first kappa shape index (κ1) is 13.4. The molecule has 4 heteroatoms. The topological polar surface area (TPSA) is 32.3 Å². The van der Waals surface area contributed by atoms with Crippen LogP contribution in [-0.4, -0.2) is 17.7 Å². The Kier molecular flexibility index (Phi) is 4.30. The van der Waals surface area contributed by atoms with Gasteiger partial charge in [0.1, 0.15) is 0 Å². The Morgan fingerprint density at radius 1 is 1.33 bits per heavy atom. The second-order valence-electron chi connectivity index (χ2n) is 5.11. The van der Waals surface area contributed by atoms with Gasteiger partial charge in [-0.05, 0) is 36.5 Å². The highest BCUT2D eigenvalue weighted by atomic mass is 19.2. The van der Waals surface area contributed by atoms with Gasteiger partial charge in [0.25, 0.3) is 0 Å². The standard InChI is InChI=1S/C14H19F2NO/c1-9-3-2-4-13(9)17-8-14(18)10-5-6-11(15)12(16)7-10/h5-7,9,13-14,17-18H,2-4,8H2,1H3. The molecule has 2 rings (SSSR count). The molecular weight excluding hydrogens is 236 g/mol. The summed E-state index contributed by atoms with van der Waals surface area (Å²) in [6.07, 6.45) is 2.73. The van der Waals surface area contributed by atoms with Crippen molar-refractivity contribution in [2.75, 3.05) is 6.54 Å². The molecule has 0 spiro atoms. The highest BCUT2D eigenvalue weighted by molar-refractivity contribution is 5.20. The molecule has 1 fully saturated rings. The minimum absolute atomic E-state index is 0.375. The number of hydrogen-bond donors (Lipinski definition) is 2. The molecule has 18 heavy (non-hydrogen) atoms. The molecule has 0 saturated heterocycles. The number of aliphatic hydroxyl groups is 1. The molecule has 3 unspecified atom stereocenters. The molecule has 1 saturated carbocycles. The van der Waals surface area contributed by atoms with Crippen LogP contribution in [-0.2, 0) is 0 Å². The van der Waals surface area contributed by atoms with Crippen molar-refractivity contribution in [2.24, 2.45) is 5.92 Å². The van der Waals surface area contributed by atoms with Crippen molar-refractivity contribution in [2.45, 2.75) is 38.3 Å². The summed E-state index contributed by atoms with van der Waals surface area (Å²) in [6, 6.07) is 3.94.